The number of benzene rings is 1. The Morgan fingerprint density at radius 1 is 1.23 bits per heavy atom. The third-order valence-corrected chi connectivity index (χ3v) is 5.29. The molecule has 1 aromatic heterocycles. The molecule has 0 saturated carbocycles. The lowest BCUT2D eigenvalue weighted by Gasteiger charge is -2.34. The number of carbonyl (C=O) groups excluding carboxylic acids is 1. The molecule has 1 aliphatic heterocycles. The summed E-state index contributed by atoms with van der Waals surface area (Å²) in [5.41, 5.74) is 2.03. The second-order valence-corrected chi connectivity index (χ2v) is 7.54. The number of nitrogens with zero attached hydrogens (tertiary/aromatic N) is 3. The Bertz CT molecular complexity index is 705. The first-order valence-corrected chi connectivity index (χ1v) is 9.62. The second kappa shape index (κ2) is 9.15. The maximum atomic E-state index is 12.5. The van der Waals surface area contributed by atoms with Gasteiger partial charge < -0.3 is 9.80 Å². The first kappa shape index (κ1) is 18.9. The van der Waals surface area contributed by atoms with Crippen LogP contribution in [-0.2, 0) is 6.42 Å². The number of halogens is 1. The summed E-state index contributed by atoms with van der Waals surface area (Å²) in [7, 11) is 1.90. The number of carbonyl (C=O) groups is 1. The largest absolute Gasteiger partial charge is 0.341 e. The minimum Gasteiger partial charge on any atom is -0.341 e. The van der Waals surface area contributed by atoms with Crippen LogP contribution in [0.15, 0.2) is 48.8 Å². The van der Waals surface area contributed by atoms with Gasteiger partial charge in [0, 0.05) is 49.7 Å². The van der Waals surface area contributed by atoms with E-state index in [1.807, 2.05) is 24.1 Å². The molecule has 1 aromatic carbocycles. The van der Waals surface area contributed by atoms with Crippen molar-refractivity contribution in [1.29, 1.82) is 0 Å². The third-order valence-electron chi connectivity index (χ3n) is 5.04. The maximum absolute atomic E-state index is 12.5. The van der Waals surface area contributed by atoms with E-state index in [2.05, 4.69) is 22.0 Å². The van der Waals surface area contributed by atoms with E-state index in [-0.39, 0.29) is 5.91 Å². The van der Waals surface area contributed by atoms with Gasteiger partial charge in [0.05, 0.1) is 0 Å². The predicted octanol–water partition coefficient (Wildman–Crippen LogP) is 3.76. The average molecular weight is 372 g/mol. The Balaban J connectivity index is 1.48. The number of piperidine rings is 1. The molecule has 4 nitrogen and oxygen atoms in total. The number of pyridine rings is 1. The van der Waals surface area contributed by atoms with Gasteiger partial charge in [0.1, 0.15) is 0 Å². The molecule has 1 amide bonds. The molecule has 0 spiro atoms. The Hall–Kier alpha value is -1.91. The number of likely N-dealkylation sites (tertiary alicyclic amines) is 1. The quantitative estimate of drug-likeness (QED) is 0.775. The Labute approximate surface area is 160 Å². The van der Waals surface area contributed by atoms with Crippen molar-refractivity contribution in [2.75, 3.05) is 33.2 Å². The molecule has 26 heavy (non-hydrogen) atoms. The van der Waals surface area contributed by atoms with Crippen LogP contribution < -0.4 is 0 Å². The van der Waals surface area contributed by atoms with E-state index in [0.29, 0.717) is 11.5 Å². The van der Waals surface area contributed by atoms with E-state index >= 15 is 0 Å². The summed E-state index contributed by atoms with van der Waals surface area (Å²) >= 11 is 5.95. The normalized spacial score (nSPS) is 17.8. The highest BCUT2D eigenvalue weighted by atomic mass is 35.5. The summed E-state index contributed by atoms with van der Waals surface area (Å²) in [6, 6.07) is 11.7. The molecule has 2 aromatic rings. The smallest absolute Gasteiger partial charge is 0.253 e. The highest BCUT2D eigenvalue weighted by molar-refractivity contribution is 6.30. The predicted molar refractivity (Wildman–Crippen MR) is 106 cm³/mol. The van der Waals surface area contributed by atoms with Gasteiger partial charge in [0.2, 0.25) is 0 Å². The molecule has 1 saturated heterocycles. The van der Waals surface area contributed by atoms with E-state index < -0.39 is 0 Å². The maximum Gasteiger partial charge on any atom is 0.253 e. The van der Waals surface area contributed by atoms with Crippen LogP contribution in [-0.4, -0.2) is 53.9 Å². The van der Waals surface area contributed by atoms with Gasteiger partial charge >= 0.3 is 0 Å². The van der Waals surface area contributed by atoms with Crippen LogP contribution in [0.5, 0.6) is 0 Å². The fraction of sp³-hybridized carbons (Fsp3) is 0.429. The molecule has 1 unspecified atom stereocenters. The highest BCUT2D eigenvalue weighted by Crippen LogP contribution is 2.19. The van der Waals surface area contributed by atoms with E-state index in [9.17, 15) is 4.79 Å². The molecule has 2 heterocycles. The summed E-state index contributed by atoms with van der Waals surface area (Å²) in [6.07, 6.45) is 6.75. The van der Waals surface area contributed by atoms with E-state index in [1.54, 1.807) is 24.5 Å². The molecule has 1 atom stereocenters. The molecule has 0 bridgehead atoms. The van der Waals surface area contributed by atoms with Gasteiger partial charge in [-0.25, -0.2) is 0 Å². The summed E-state index contributed by atoms with van der Waals surface area (Å²) in [6.45, 7) is 4.06. The van der Waals surface area contributed by atoms with Gasteiger partial charge in [-0.1, -0.05) is 23.7 Å². The Morgan fingerprint density at radius 2 is 1.96 bits per heavy atom. The Kier molecular flexibility index (Phi) is 6.64. The number of amides is 1. The van der Waals surface area contributed by atoms with Crippen molar-refractivity contribution < 1.29 is 4.79 Å². The molecular formula is C21H26ClN3O. The van der Waals surface area contributed by atoms with Crippen LogP contribution >= 0.6 is 11.6 Å². The van der Waals surface area contributed by atoms with Crippen LogP contribution in [0.2, 0.25) is 5.02 Å². The SMILES string of the molecule is CN(CC1CCCN(CCc2ccc(Cl)cc2)C1)C(=O)c1ccncc1. The zero-order chi connectivity index (χ0) is 18.4. The molecule has 1 fully saturated rings. The molecule has 3 rings (SSSR count). The van der Waals surface area contributed by atoms with Gasteiger partial charge in [0.25, 0.3) is 5.91 Å². The lowest BCUT2D eigenvalue weighted by atomic mass is 9.97. The number of aromatic nitrogens is 1. The molecule has 0 radical (unpaired) electrons. The molecule has 0 aliphatic carbocycles. The minimum absolute atomic E-state index is 0.0747. The Morgan fingerprint density at radius 3 is 2.69 bits per heavy atom. The van der Waals surface area contributed by atoms with Gasteiger partial charge in [-0.05, 0) is 61.6 Å². The average Bonchev–Trinajstić information content (AvgIpc) is 2.68. The zero-order valence-corrected chi connectivity index (χ0v) is 16.0. The second-order valence-electron chi connectivity index (χ2n) is 7.11. The van der Waals surface area contributed by atoms with E-state index in [1.165, 1.54) is 18.4 Å². The summed E-state index contributed by atoms with van der Waals surface area (Å²) < 4.78 is 0. The molecule has 1 aliphatic rings. The number of hydrogen-bond donors (Lipinski definition) is 0. The molecule has 5 heteroatoms. The van der Waals surface area contributed by atoms with Crippen LogP contribution in [0.1, 0.15) is 28.8 Å². The van der Waals surface area contributed by atoms with Crippen molar-refractivity contribution in [2.45, 2.75) is 19.3 Å². The lowest BCUT2D eigenvalue weighted by molar-refractivity contribution is 0.0730. The summed E-state index contributed by atoms with van der Waals surface area (Å²) in [4.78, 5) is 20.9. The summed E-state index contributed by atoms with van der Waals surface area (Å²) in [5.74, 6) is 0.607. The molecular weight excluding hydrogens is 346 g/mol. The van der Waals surface area contributed by atoms with Crippen LogP contribution in [0, 0.1) is 5.92 Å². The molecule has 138 valence electrons. The fourth-order valence-corrected chi connectivity index (χ4v) is 3.75. The first-order chi connectivity index (χ1) is 12.6. The van der Waals surface area contributed by atoms with E-state index in [4.69, 9.17) is 11.6 Å². The van der Waals surface area contributed by atoms with Crippen molar-refractivity contribution in [1.82, 2.24) is 14.8 Å². The van der Waals surface area contributed by atoms with Crippen LogP contribution in [0.25, 0.3) is 0 Å². The standard InChI is InChI=1S/C21H26ClN3O/c1-24(21(26)19-8-11-23-12-9-19)15-18-3-2-13-25(16-18)14-10-17-4-6-20(22)7-5-17/h4-9,11-12,18H,2-3,10,13-16H2,1H3. The first-order valence-electron chi connectivity index (χ1n) is 9.24. The van der Waals surface area contributed by atoms with Crippen molar-refractivity contribution in [3.63, 3.8) is 0 Å². The number of rotatable bonds is 6. The molecule has 0 N–H and O–H groups in total. The fourth-order valence-electron chi connectivity index (χ4n) is 3.63. The van der Waals surface area contributed by atoms with Gasteiger partial charge in [0.15, 0.2) is 0 Å². The van der Waals surface area contributed by atoms with E-state index in [0.717, 1.165) is 37.6 Å². The van der Waals surface area contributed by atoms with Crippen molar-refractivity contribution in [2.24, 2.45) is 5.92 Å². The van der Waals surface area contributed by atoms with Gasteiger partial charge in [-0.15, -0.1) is 0 Å². The van der Waals surface area contributed by atoms with Crippen molar-refractivity contribution >= 4 is 17.5 Å². The van der Waals surface area contributed by atoms with Crippen molar-refractivity contribution in [3.05, 3.63) is 64.9 Å². The highest BCUT2D eigenvalue weighted by Gasteiger charge is 2.23. The van der Waals surface area contributed by atoms with Gasteiger partial charge in [-0.3, -0.25) is 9.78 Å². The summed E-state index contributed by atoms with van der Waals surface area (Å²) in [5, 5.41) is 0.786. The lowest BCUT2D eigenvalue weighted by Crippen LogP contribution is -2.42. The van der Waals surface area contributed by atoms with Crippen molar-refractivity contribution in [3.8, 4) is 0 Å². The minimum atomic E-state index is 0.0747. The third kappa shape index (κ3) is 5.29. The van der Waals surface area contributed by atoms with Crippen LogP contribution in [0.4, 0.5) is 0 Å². The topological polar surface area (TPSA) is 36.4 Å². The zero-order valence-electron chi connectivity index (χ0n) is 15.3. The monoisotopic (exact) mass is 371 g/mol. The number of hydrogen-bond acceptors (Lipinski definition) is 3. The van der Waals surface area contributed by atoms with Crippen LogP contribution in [0.3, 0.4) is 0 Å². The van der Waals surface area contributed by atoms with Gasteiger partial charge in [-0.2, -0.15) is 0 Å².